The second-order valence-corrected chi connectivity index (χ2v) is 8.31. The molecule has 1 amide bonds. The number of nitrogens with zero attached hydrogens (tertiary/aromatic N) is 2. The Morgan fingerprint density at radius 3 is 2.37 bits per heavy atom. The van der Waals surface area contributed by atoms with Crippen LogP contribution in [0.4, 0.5) is 11.4 Å². The van der Waals surface area contributed by atoms with Crippen molar-refractivity contribution < 1.29 is 19.2 Å². The molecule has 3 aromatic rings. The number of benzene rings is 3. The first-order valence-electron chi connectivity index (χ1n) is 10.6. The van der Waals surface area contributed by atoms with Gasteiger partial charge in [-0.05, 0) is 67.4 Å². The summed E-state index contributed by atoms with van der Waals surface area (Å²) in [5.74, 6) is 0.344. The molecule has 0 bridgehead atoms. The lowest BCUT2D eigenvalue weighted by molar-refractivity contribution is -0.384. The van der Waals surface area contributed by atoms with E-state index in [1.165, 1.54) is 18.2 Å². The summed E-state index contributed by atoms with van der Waals surface area (Å²) < 4.78 is 12.2. The van der Waals surface area contributed by atoms with Gasteiger partial charge in [-0.1, -0.05) is 33.6 Å². The predicted molar refractivity (Wildman–Crippen MR) is 136 cm³/mol. The van der Waals surface area contributed by atoms with Crippen molar-refractivity contribution in [2.75, 3.05) is 11.9 Å². The van der Waals surface area contributed by atoms with Crippen LogP contribution in [0.2, 0.25) is 0 Å². The quantitative estimate of drug-likeness (QED) is 0.151. The number of nitrogens with one attached hydrogen (secondary N) is 1. The van der Waals surface area contributed by atoms with Crippen LogP contribution < -0.4 is 14.8 Å². The third-order valence-corrected chi connectivity index (χ3v) is 5.57. The van der Waals surface area contributed by atoms with Crippen LogP contribution in [0.1, 0.15) is 23.6 Å². The molecule has 0 aliphatic heterocycles. The number of hydrogen-bond donors (Lipinski definition) is 1. The number of amides is 1. The summed E-state index contributed by atoms with van der Waals surface area (Å²) in [4.78, 5) is 23.0. The predicted octanol–water partition coefficient (Wildman–Crippen LogP) is 6.19. The fourth-order valence-electron chi connectivity index (χ4n) is 3.06. The Balaban J connectivity index is 1.81. The maximum atomic E-state index is 12.6. The Morgan fingerprint density at radius 1 is 1.11 bits per heavy atom. The molecule has 0 aliphatic rings. The molecule has 0 aromatic heterocycles. The molecule has 0 atom stereocenters. The molecule has 0 aliphatic carbocycles. The van der Waals surface area contributed by atoms with Crippen LogP contribution in [0.15, 0.2) is 70.7 Å². The van der Waals surface area contributed by atoms with Gasteiger partial charge in [0.25, 0.3) is 11.6 Å². The molecule has 0 spiro atoms. The zero-order valence-electron chi connectivity index (χ0n) is 19.1. The summed E-state index contributed by atoms with van der Waals surface area (Å²) in [6, 6.07) is 18.6. The molecule has 0 heterocycles. The molecule has 0 unspecified atom stereocenters. The number of rotatable bonds is 9. The molecule has 8 nitrogen and oxygen atoms in total. The zero-order valence-corrected chi connectivity index (χ0v) is 20.7. The van der Waals surface area contributed by atoms with Gasteiger partial charge >= 0.3 is 0 Å². The smallest absolute Gasteiger partial charge is 0.269 e. The minimum Gasteiger partial charge on any atom is -0.490 e. The lowest BCUT2D eigenvalue weighted by Crippen LogP contribution is -2.13. The average molecular weight is 536 g/mol. The first-order valence-corrected chi connectivity index (χ1v) is 11.4. The third kappa shape index (κ3) is 6.91. The summed E-state index contributed by atoms with van der Waals surface area (Å²) in [7, 11) is 0. The van der Waals surface area contributed by atoms with Gasteiger partial charge < -0.3 is 14.8 Å². The van der Waals surface area contributed by atoms with Gasteiger partial charge in [0.2, 0.25) is 0 Å². The number of halogens is 1. The molecule has 178 valence electrons. The van der Waals surface area contributed by atoms with Gasteiger partial charge in [-0.15, -0.1) is 0 Å². The van der Waals surface area contributed by atoms with Gasteiger partial charge in [-0.3, -0.25) is 14.9 Å². The second kappa shape index (κ2) is 11.8. The highest BCUT2D eigenvalue weighted by Gasteiger charge is 2.15. The summed E-state index contributed by atoms with van der Waals surface area (Å²) in [6.45, 7) is 4.31. The van der Waals surface area contributed by atoms with Gasteiger partial charge in [-0.25, -0.2) is 0 Å². The number of aryl methyl sites for hydroxylation is 1. The molecule has 0 radical (unpaired) electrons. The molecule has 0 fully saturated rings. The normalized spacial score (nSPS) is 10.9. The zero-order chi connectivity index (χ0) is 25.4. The van der Waals surface area contributed by atoms with Gasteiger partial charge in [0, 0.05) is 22.3 Å². The van der Waals surface area contributed by atoms with Crippen molar-refractivity contribution >= 4 is 39.3 Å². The number of carbonyl (C=O) groups excluding carboxylic acids is 1. The lowest BCUT2D eigenvalue weighted by Gasteiger charge is -2.14. The Labute approximate surface area is 211 Å². The first-order chi connectivity index (χ1) is 16.8. The fraction of sp³-hybridized carbons (Fsp3) is 0.154. The van der Waals surface area contributed by atoms with Gasteiger partial charge in [-0.2, -0.15) is 5.26 Å². The minimum absolute atomic E-state index is 0.00218. The molecule has 0 saturated heterocycles. The van der Waals surface area contributed by atoms with Crippen molar-refractivity contribution in [1.29, 1.82) is 5.26 Å². The number of carbonyl (C=O) groups is 1. The lowest BCUT2D eigenvalue weighted by atomic mass is 10.1. The molecule has 9 heteroatoms. The maximum Gasteiger partial charge on any atom is 0.269 e. The standard InChI is InChI=1S/C26H22BrN3O5/c1-3-34-24-13-19(12-20(15-28)26(31)29-21-8-4-17(2)5-9-21)23(27)14-25(24)35-16-18-6-10-22(11-7-18)30(32)33/h4-14H,3,16H2,1-2H3,(H,29,31)/b20-12+. The van der Waals surface area contributed by atoms with E-state index in [1.54, 1.807) is 36.4 Å². The molecule has 3 aromatic carbocycles. The molecular weight excluding hydrogens is 514 g/mol. The number of non-ortho nitro benzene ring substituents is 1. The van der Waals surface area contributed by atoms with Crippen molar-refractivity contribution in [2.45, 2.75) is 20.5 Å². The number of anilines is 1. The van der Waals surface area contributed by atoms with E-state index in [0.29, 0.717) is 33.8 Å². The minimum atomic E-state index is -0.528. The van der Waals surface area contributed by atoms with E-state index >= 15 is 0 Å². The highest BCUT2D eigenvalue weighted by atomic mass is 79.9. The van der Waals surface area contributed by atoms with Crippen molar-refractivity contribution in [2.24, 2.45) is 0 Å². The van der Waals surface area contributed by atoms with Crippen molar-refractivity contribution in [3.63, 3.8) is 0 Å². The number of nitro groups is 1. The van der Waals surface area contributed by atoms with Crippen molar-refractivity contribution in [3.8, 4) is 17.6 Å². The van der Waals surface area contributed by atoms with Gasteiger partial charge in [0.05, 0.1) is 11.5 Å². The Bertz CT molecular complexity index is 1300. The largest absolute Gasteiger partial charge is 0.490 e. The molecule has 1 N–H and O–H groups in total. The summed E-state index contributed by atoms with van der Waals surface area (Å²) in [5.41, 5.74) is 2.88. The van der Waals surface area contributed by atoms with E-state index < -0.39 is 10.8 Å². The van der Waals surface area contributed by atoms with Crippen molar-refractivity contribution in [1.82, 2.24) is 0 Å². The Kier molecular flexibility index (Phi) is 8.59. The van der Waals surface area contributed by atoms with Crippen LogP contribution >= 0.6 is 15.9 Å². The highest BCUT2D eigenvalue weighted by Crippen LogP contribution is 2.35. The summed E-state index contributed by atoms with van der Waals surface area (Å²) >= 11 is 3.47. The third-order valence-electron chi connectivity index (χ3n) is 4.88. The van der Waals surface area contributed by atoms with E-state index in [0.717, 1.165) is 11.1 Å². The summed E-state index contributed by atoms with van der Waals surface area (Å²) in [6.07, 6.45) is 1.47. The number of nitriles is 1. The summed E-state index contributed by atoms with van der Waals surface area (Å²) in [5, 5.41) is 23.1. The highest BCUT2D eigenvalue weighted by molar-refractivity contribution is 9.10. The van der Waals surface area contributed by atoms with Crippen LogP contribution in [0.3, 0.4) is 0 Å². The van der Waals surface area contributed by atoms with Crippen LogP contribution in [0.25, 0.3) is 6.08 Å². The number of hydrogen-bond acceptors (Lipinski definition) is 6. The van der Waals surface area contributed by atoms with Crippen molar-refractivity contribution in [3.05, 3.63) is 97.5 Å². The Hall–Kier alpha value is -4.16. The number of ether oxygens (including phenoxy) is 2. The van der Waals surface area contributed by atoms with E-state index in [2.05, 4.69) is 21.2 Å². The SMILES string of the molecule is CCOc1cc(/C=C(\C#N)C(=O)Nc2ccc(C)cc2)c(Br)cc1OCc1ccc([N+](=O)[O-])cc1. The molecule has 35 heavy (non-hydrogen) atoms. The molecule has 0 saturated carbocycles. The number of nitro benzene ring substituents is 1. The van der Waals surface area contributed by atoms with Crippen LogP contribution in [0, 0.1) is 28.4 Å². The van der Waals surface area contributed by atoms with E-state index in [-0.39, 0.29) is 17.9 Å². The topological polar surface area (TPSA) is 114 Å². The second-order valence-electron chi connectivity index (χ2n) is 7.46. The maximum absolute atomic E-state index is 12.6. The Morgan fingerprint density at radius 2 is 1.77 bits per heavy atom. The van der Waals surface area contributed by atoms with Gasteiger partial charge in [0.1, 0.15) is 18.2 Å². The van der Waals surface area contributed by atoms with Crippen LogP contribution in [-0.4, -0.2) is 17.4 Å². The van der Waals surface area contributed by atoms with E-state index in [4.69, 9.17) is 9.47 Å². The first kappa shape index (κ1) is 25.5. The van der Waals surface area contributed by atoms with Crippen LogP contribution in [0.5, 0.6) is 11.5 Å². The monoisotopic (exact) mass is 535 g/mol. The average Bonchev–Trinajstić information content (AvgIpc) is 2.84. The van der Waals surface area contributed by atoms with E-state index in [9.17, 15) is 20.2 Å². The van der Waals surface area contributed by atoms with E-state index in [1.807, 2.05) is 32.0 Å². The fourth-order valence-corrected chi connectivity index (χ4v) is 3.49. The molecular formula is C26H22BrN3O5. The van der Waals surface area contributed by atoms with Gasteiger partial charge in [0.15, 0.2) is 11.5 Å². The van der Waals surface area contributed by atoms with Crippen LogP contribution in [-0.2, 0) is 11.4 Å². The molecule has 3 rings (SSSR count).